The summed E-state index contributed by atoms with van der Waals surface area (Å²) in [5.41, 5.74) is 1.22. The van der Waals surface area contributed by atoms with Gasteiger partial charge in [-0.15, -0.1) is 0 Å². The van der Waals surface area contributed by atoms with Crippen LogP contribution in [0.25, 0.3) is 0 Å². The number of aryl methyl sites for hydroxylation is 1. The molecule has 2 aliphatic heterocycles. The molecule has 3 aliphatic rings. The van der Waals surface area contributed by atoms with Gasteiger partial charge in [-0.05, 0) is 56.9 Å². The Kier molecular flexibility index (Phi) is 7.65. The van der Waals surface area contributed by atoms with Gasteiger partial charge in [0.15, 0.2) is 0 Å². The zero-order valence-electron chi connectivity index (χ0n) is 19.2. The van der Waals surface area contributed by atoms with Gasteiger partial charge in [0.1, 0.15) is 0 Å². The maximum Gasteiger partial charge on any atom is 0.240 e. The van der Waals surface area contributed by atoms with E-state index in [1.807, 2.05) is 23.1 Å². The van der Waals surface area contributed by atoms with Gasteiger partial charge < -0.3 is 9.80 Å². The molecule has 2 saturated heterocycles. The maximum atomic E-state index is 13.7. The van der Waals surface area contributed by atoms with Crippen molar-refractivity contribution in [2.24, 2.45) is 5.92 Å². The first-order valence-corrected chi connectivity index (χ1v) is 12.5. The fourth-order valence-electron chi connectivity index (χ4n) is 5.83. The number of carbonyl (C=O) groups is 2. The van der Waals surface area contributed by atoms with Crippen LogP contribution < -0.4 is 0 Å². The minimum absolute atomic E-state index is 0.0182. The third kappa shape index (κ3) is 5.49. The van der Waals surface area contributed by atoms with Crippen LogP contribution in [0.2, 0.25) is 0 Å². The predicted octanol–water partition coefficient (Wildman–Crippen LogP) is 3.72. The lowest BCUT2D eigenvalue weighted by Crippen LogP contribution is -2.60. The molecular weight excluding hydrogens is 386 g/mol. The Labute approximate surface area is 187 Å². The Hall–Kier alpha value is -1.88. The van der Waals surface area contributed by atoms with Crippen molar-refractivity contribution in [3.05, 3.63) is 35.9 Å². The number of likely N-dealkylation sites (tertiary alicyclic amines) is 1. The summed E-state index contributed by atoms with van der Waals surface area (Å²) in [6.45, 7) is 6.28. The van der Waals surface area contributed by atoms with Crippen LogP contribution in [0.4, 0.5) is 0 Å². The second kappa shape index (κ2) is 10.6. The van der Waals surface area contributed by atoms with Crippen molar-refractivity contribution in [1.29, 1.82) is 0 Å². The average molecular weight is 426 g/mol. The second-order valence-corrected chi connectivity index (χ2v) is 9.77. The maximum absolute atomic E-state index is 13.7. The third-order valence-corrected chi connectivity index (χ3v) is 7.72. The molecule has 5 nitrogen and oxygen atoms in total. The van der Waals surface area contributed by atoms with E-state index in [0.717, 1.165) is 52.0 Å². The summed E-state index contributed by atoms with van der Waals surface area (Å²) in [6, 6.07) is 10.6. The van der Waals surface area contributed by atoms with Crippen molar-refractivity contribution in [3.63, 3.8) is 0 Å². The number of carbonyl (C=O) groups excluding carboxylic acids is 2. The minimum atomic E-state index is 0.0182. The van der Waals surface area contributed by atoms with Crippen molar-refractivity contribution in [3.8, 4) is 0 Å². The van der Waals surface area contributed by atoms with Crippen molar-refractivity contribution < 1.29 is 9.59 Å². The molecule has 170 valence electrons. The number of piperazine rings is 1. The zero-order valence-corrected chi connectivity index (χ0v) is 19.2. The molecule has 3 fully saturated rings. The SMILES string of the molecule is C[C@H]1CCCCN1C(=O)[C@@H](C1CCCC1)N1CCN(C(=O)CCc2ccccc2)CC1. The van der Waals surface area contributed by atoms with Crippen LogP contribution in [-0.2, 0) is 16.0 Å². The van der Waals surface area contributed by atoms with Crippen LogP contribution in [0.15, 0.2) is 30.3 Å². The van der Waals surface area contributed by atoms with E-state index in [1.165, 1.54) is 37.7 Å². The molecule has 0 N–H and O–H groups in total. The standard InChI is InChI=1S/C26H39N3O2/c1-21-9-7-8-16-29(21)26(31)25(23-12-5-6-13-23)28-19-17-27(18-20-28)24(30)15-14-22-10-3-2-4-11-22/h2-4,10-11,21,23,25H,5-9,12-20H2,1H3/t21-,25+/m0/s1. The van der Waals surface area contributed by atoms with E-state index in [4.69, 9.17) is 0 Å². The third-order valence-electron chi connectivity index (χ3n) is 7.72. The van der Waals surface area contributed by atoms with Crippen LogP contribution in [0.3, 0.4) is 0 Å². The van der Waals surface area contributed by atoms with E-state index < -0.39 is 0 Å². The molecule has 1 aromatic carbocycles. The van der Waals surface area contributed by atoms with Gasteiger partial charge in [0.25, 0.3) is 0 Å². The number of nitrogens with zero attached hydrogens (tertiary/aromatic N) is 3. The normalized spacial score (nSPS) is 24.4. The van der Waals surface area contributed by atoms with Gasteiger partial charge in [-0.2, -0.15) is 0 Å². The molecule has 0 radical (unpaired) electrons. The Bertz CT molecular complexity index is 723. The van der Waals surface area contributed by atoms with Crippen molar-refractivity contribution >= 4 is 11.8 Å². The van der Waals surface area contributed by atoms with E-state index >= 15 is 0 Å². The summed E-state index contributed by atoms with van der Waals surface area (Å²) in [4.78, 5) is 33.0. The quantitative estimate of drug-likeness (QED) is 0.698. The monoisotopic (exact) mass is 425 g/mol. The van der Waals surface area contributed by atoms with E-state index in [-0.39, 0.29) is 11.9 Å². The number of rotatable bonds is 6. The molecular formula is C26H39N3O2. The molecule has 0 aromatic heterocycles. The highest BCUT2D eigenvalue weighted by Gasteiger charge is 2.40. The molecule has 1 saturated carbocycles. The molecule has 1 aliphatic carbocycles. The summed E-state index contributed by atoms with van der Waals surface area (Å²) in [5, 5.41) is 0. The zero-order chi connectivity index (χ0) is 21.6. The topological polar surface area (TPSA) is 43.9 Å². The van der Waals surface area contributed by atoms with Gasteiger partial charge in [0.05, 0.1) is 6.04 Å². The van der Waals surface area contributed by atoms with Crippen LogP contribution in [0.1, 0.15) is 63.9 Å². The molecule has 1 aromatic rings. The molecule has 0 bridgehead atoms. The van der Waals surface area contributed by atoms with E-state index in [2.05, 4.69) is 28.9 Å². The Morgan fingerprint density at radius 2 is 1.58 bits per heavy atom. The number of amides is 2. The first kappa shape index (κ1) is 22.3. The number of benzene rings is 1. The number of hydrogen-bond acceptors (Lipinski definition) is 3. The van der Waals surface area contributed by atoms with Crippen LogP contribution in [0.5, 0.6) is 0 Å². The second-order valence-electron chi connectivity index (χ2n) is 9.77. The minimum Gasteiger partial charge on any atom is -0.340 e. The molecule has 31 heavy (non-hydrogen) atoms. The summed E-state index contributed by atoms with van der Waals surface area (Å²) < 4.78 is 0. The highest BCUT2D eigenvalue weighted by molar-refractivity contribution is 5.83. The predicted molar refractivity (Wildman–Crippen MR) is 124 cm³/mol. The van der Waals surface area contributed by atoms with Gasteiger partial charge in [-0.1, -0.05) is 43.2 Å². The van der Waals surface area contributed by atoms with Gasteiger partial charge in [0.2, 0.25) is 11.8 Å². The Morgan fingerprint density at radius 3 is 2.26 bits per heavy atom. The summed E-state index contributed by atoms with van der Waals surface area (Å²) >= 11 is 0. The Balaban J connectivity index is 1.34. The molecule has 5 heteroatoms. The van der Waals surface area contributed by atoms with E-state index in [1.54, 1.807) is 0 Å². The largest absolute Gasteiger partial charge is 0.340 e. The first-order chi connectivity index (χ1) is 15.1. The lowest BCUT2D eigenvalue weighted by molar-refractivity contribution is -0.144. The number of hydrogen-bond donors (Lipinski definition) is 0. The fourth-order valence-corrected chi connectivity index (χ4v) is 5.83. The molecule has 2 heterocycles. The van der Waals surface area contributed by atoms with E-state index in [0.29, 0.717) is 24.3 Å². The molecule has 2 amide bonds. The van der Waals surface area contributed by atoms with Gasteiger partial charge >= 0.3 is 0 Å². The van der Waals surface area contributed by atoms with Crippen LogP contribution >= 0.6 is 0 Å². The average Bonchev–Trinajstić information content (AvgIpc) is 3.33. The number of piperidine rings is 1. The summed E-state index contributed by atoms with van der Waals surface area (Å²) in [6.07, 6.45) is 9.73. The summed E-state index contributed by atoms with van der Waals surface area (Å²) in [5.74, 6) is 1.10. The lowest BCUT2D eigenvalue weighted by Gasteiger charge is -2.44. The van der Waals surface area contributed by atoms with Crippen LogP contribution in [-0.4, -0.2) is 71.3 Å². The fraction of sp³-hybridized carbons (Fsp3) is 0.692. The van der Waals surface area contributed by atoms with Gasteiger partial charge in [-0.25, -0.2) is 0 Å². The molecule has 2 atom stereocenters. The summed E-state index contributed by atoms with van der Waals surface area (Å²) in [7, 11) is 0. The first-order valence-electron chi connectivity index (χ1n) is 12.5. The molecule has 4 rings (SSSR count). The van der Waals surface area contributed by atoms with Crippen molar-refractivity contribution in [1.82, 2.24) is 14.7 Å². The Morgan fingerprint density at radius 1 is 0.903 bits per heavy atom. The smallest absolute Gasteiger partial charge is 0.240 e. The molecule has 0 spiro atoms. The van der Waals surface area contributed by atoms with Gasteiger partial charge in [-0.3, -0.25) is 14.5 Å². The highest BCUT2D eigenvalue weighted by Crippen LogP contribution is 2.33. The van der Waals surface area contributed by atoms with Crippen molar-refractivity contribution in [2.45, 2.75) is 76.8 Å². The van der Waals surface area contributed by atoms with Gasteiger partial charge in [0, 0.05) is 45.2 Å². The van der Waals surface area contributed by atoms with Crippen LogP contribution in [0, 0.1) is 5.92 Å². The van der Waals surface area contributed by atoms with Crippen molar-refractivity contribution in [2.75, 3.05) is 32.7 Å². The molecule has 0 unspecified atom stereocenters. The lowest BCUT2D eigenvalue weighted by atomic mass is 9.92. The van der Waals surface area contributed by atoms with E-state index in [9.17, 15) is 9.59 Å². The highest BCUT2D eigenvalue weighted by atomic mass is 16.2.